The maximum absolute atomic E-state index is 12.4. The van der Waals surface area contributed by atoms with E-state index >= 15 is 0 Å². The molecule has 0 aliphatic carbocycles. The van der Waals surface area contributed by atoms with Crippen molar-refractivity contribution in [3.05, 3.63) is 29.8 Å². The van der Waals surface area contributed by atoms with Crippen molar-refractivity contribution in [1.82, 2.24) is 10.6 Å². The summed E-state index contributed by atoms with van der Waals surface area (Å²) in [6.07, 6.45) is -2.19. The van der Waals surface area contributed by atoms with Crippen LogP contribution in [0.5, 0.6) is 5.75 Å². The van der Waals surface area contributed by atoms with E-state index in [9.17, 15) is 34.5 Å². The highest BCUT2D eigenvalue weighted by molar-refractivity contribution is 5.94. The number of amides is 2. The number of nitrogens with one attached hydrogen (secondary N) is 2. The standard InChI is InChI=1S/C17H23N3O8/c1-8(21)14(18)16(26)19-11(7-13(23)24)15(25)20-12(17(27)28)6-9-2-4-10(22)5-3-9/h2-5,8,11-12,14,21-22H,6-7,18H2,1H3,(H,19,26)(H,20,25)(H,23,24)(H,27,28)/t8-,11+,12+,14+/m1/s1. The summed E-state index contributed by atoms with van der Waals surface area (Å²) in [7, 11) is 0. The molecule has 154 valence electrons. The van der Waals surface area contributed by atoms with Crippen LogP contribution in [-0.4, -0.2) is 68.4 Å². The predicted octanol–water partition coefficient (Wildman–Crippen LogP) is -1.83. The molecule has 0 radical (unpaired) electrons. The largest absolute Gasteiger partial charge is 0.508 e. The number of nitrogens with two attached hydrogens (primary N) is 1. The first-order chi connectivity index (χ1) is 13.0. The number of carboxylic acids is 2. The summed E-state index contributed by atoms with van der Waals surface area (Å²) >= 11 is 0. The van der Waals surface area contributed by atoms with Crippen LogP contribution in [0.2, 0.25) is 0 Å². The van der Waals surface area contributed by atoms with E-state index in [0.717, 1.165) is 0 Å². The number of carbonyl (C=O) groups excluding carboxylic acids is 2. The van der Waals surface area contributed by atoms with Crippen LogP contribution in [-0.2, 0) is 25.6 Å². The molecule has 11 nitrogen and oxygen atoms in total. The number of phenolic OH excluding ortho intramolecular Hbond substituents is 1. The molecule has 0 unspecified atom stereocenters. The van der Waals surface area contributed by atoms with Gasteiger partial charge >= 0.3 is 11.9 Å². The lowest BCUT2D eigenvalue weighted by molar-refractivity contribution is -0.143. The van der Waals surface area contributed by atoms with Crippen molar-refractivity contribution in [3.8, 4) is 5.75 Å². The molecule has 28 heavy (non-hydrogen) atoms. The molecule has 0 saturated carbocycles. The van der Waals surface area contributed by atoms with E-state index in [4.69, 9.17) is 10.8 Å². The van der Waals surface area contributed by atoms with Crippen LogP contribution in [0.3, 0.4) is 0 Å². The summed E-state index contributed by atoms with van der Waals surface area (Å²) in [4.78, 5) is 46.7. The molecule has 0 aliphatic heterocycles. The molecule has 0 spiro atoms. The Hall–Kier alpha value is -3.18. The number of phenols is 1. The molecule has 0 heterocycles. The molecule has 1 aromatic rings. The quantitative estimate of drug-likeness (QED) is 0.237. The highest BCUT2D eigenvalue weighted by atomic mass is 16.4. The average Bonchev–Trinajstić information content (AvgIpc) is 2.60. The second-order valence-electron chi connectivity index (χ2n) is 6.20. The summed E-state index contributed by atoms with van der Waals surface area (Å²) in [6, 6.07) is 1.25. The normalized spacial score (nSPS) is 15.0. The van der Waals surface area contributed by atoms with Gasteiger partial charge in [0.05, 0.1) is 12.5 Å². The molecule has 0 aliphatic rings. The fourth-order valence-corrected chi connectivity index (χ4v) is 2.21. The molecule has 0 aromatic heterocycles. The fourth-order valence-electron chi connectivity index (χ4n) is 2.21. The van der Waals surface area contributed by atoms with Gasteiger partial charge in [0.15, 0.2) is 0 Å². The van der Waals surface area contributed by atoms with Crippen LogP contribution in [0.15, 0.2) is 24.3 Å². The number of aliphatic hydroxyl groups excluding tert-OH is 1. The number of aliphatic hydroxyl groups is 1. The molecule has 8 N–H and O–H groups in total. The van der Waals surface area contributed by atoms with Crippen molar-refractivity contribution in [2.24, 2.45) is 5.73 Å². The first kappa shape index (κ1) is 22.9. The Morgan fingerprint density at radius 2 is 1.54 bits per heavy atom. The van der Waals surface area contributed by atoms with Crippen LogP contribution in [0.25, 0.3) is 0 Å². The van der Waals surface area contributed by atoms with Gasteiger partial charge in [0.25, 0.3) is 0 Å². The van der Waals surface area contributed by atoms with Crippen LogP contribution >= 0.6 is 0 Å². The molecular weight excluding hydrogens is 374 g/mol. The third-order valence-electron chi connectivity index (χ3n) is 3.82. The molecule has 0 saturated heterocycles. The van der Waals surface area contributed by atoms with E-state index < -0.39 is 54.4 Å². The SMILES string of the molecule is C[C@@H](O)[C@H](N)C(=O)N[C@@H](CC(=O)O)C(=O)N[C@@H](Cc1ccc(O)cc1)C(=O)O. The fraction of sp³-hybridized carbons (Fsp3) is 0.412. The van der Waals surface area contributed by atoms with E-state index in [1.807, 2.05) is 0 Å². The van der Waals surface area contributed by atoms with E-state index in [2.05, 4.69) is 10.6 Å². The Morgan fingerprint density at radius 3 is 2.00 bits per heavy atom. The number of hydrogen-bond acceptors (Lipinski definition) is 7. The number of hydrogen-bond donors (Lipinski definition) is 7. The predicted molar refractivity (Wildman–Crippen MR) is 95.2 cm³/mol. The molecule has 2 amide bonds. The Morgan fingerprint density at radius 1 is 1.00 bits per heavy atom. The van der Waals surface area contributed by atoms with Gasteiger partial charge in [-0.05, 0) is 24.6 Å². The lowest BCUT2D eigenvalue weighted by Gasteiger charge is -2.22. The van der Waals surface area contributed by atoms with E-state index in [1.54, 1.807) is 0 Å². The Balaban J connectivity index is 2.89. The van der Waals surface area contributed by atoms with Gasteiger partial charge in [-0.25, -0.2) is 4.79 Å². The first-order valence-corrected chi connectivity index (χ1v) is 8.28. The van der Waals surface area contributed by atoms with Crippen molar-refractivity contribution in [3.63, 3.8) is 0 Å². The Bertz CT molecular complexity index is 720. The molecule has 1 rings (SSSR count). The maximum atomic E-state index is 12.4. The zero-order chi connectivity index (χ0) is 21.4. The monoisotopic (exact) mass is 397 g/mol. The van der Waals surface area contributed by atoms with E-state index in [1.165, 1.54) is 31.2 Å². The van der Waals surface area contributed by atoms with Gasteiger partial charge in [-0.15, -0.1) is 0 Å². The highest BCUT2D eigenvalue weighted by Crippen LogP contribution is 2.11. The van der Waals surface area contributed by atoms with Crippen molar-refractivity contribution >= 4 is 23.8 Å². The summed E-state index contributed by atoms with van der Waals surface area (Å²) in [5, 5.41) is 41.1. The zero-order valence-electron chi connectivity index (χ0n) is 15.0. The van der Waals surface area contributed by atoms with Gasteiger partial charge in [-0.3, -0.25) is 14.4 Å². The van der Waals surface area contributed by atoms with Crippen LogP contribution < -0.4 is 16.4 Å². The van der Waals surface area contributed by atoms with Gasteiger partial charge in [-0.2, -0.15) is 0 Å². The van der Waals surface area contributed by atoms with Crippen LogP contribution in [0, 0.1) is 0 Å². The lowest BCUT2D eigenvalue weighted by Crippen LogP contribution is -2.57. The first-order valence-electron chi connectivity index (χ1n) is 8.28. The van der Waals surface area contributed by atoms with Crippen molar-refractivity contribution in [2.45, 2.75) is 44.0 Å². The summed E-state index contributed by atoms with van der Waals surface area (Å²) in [5.74, 6) is -4.78. The van der Waals surface area contributed by atoms with Gasteiger partial charge in [0.2, 0.25) is 11.8 Å². The molecule has 4 atom stereocenters. The van der Waals surface area contributed by atoms with Gasteiger partial charge in [-0.1, -0.05) is 12.1 Å². The molecule has 0 fully saturated rings. The van der Waals surface area contributed by atoms with Crippen LogP contribution in [0.1, 0.15) is 18.9 Å². The zero-order valence-corrected chi connectivity index (χ0v) is 15.0. The van der Waals surface area contributed by atoms with Crippen molar-refractivity contribution in [2.75, 3.05) is 0 Å². The molecular formula is C17H23N3O8. The minimum Gasteiger partial charge on any atom is -0.508 e. The molecule has 11 heteroatoms. The minimum atomic E-state index is -1.59. The summed E-state index contributed by atoms with van der Waals surface area (Å²) in [6.45, 7) is 1.24. The summed E-state index contributed by atoms with van der Waals surface area (Å²) < 4.78 is 0. The number of rotatable bonds is 10. The Labute approximate surface area is 160 Å². The van der Waals surface area contributed by atoms with Crippen LogP contribution in [0.4, 0.5) is 0 Å². The van der Waals surface area contributed by atoms with Crippen molar-refractivity contribution in [1.29, 1.82) is 0 Å². The average molecular weight is 397 g/mol. The molecule has 1 aromatic carbocycles. The van der Waals surface area contributed by atoms with E-state index in [-0.39, 0.29) is 12.2 Å². The number of benzene rings is 1. The third kappa shape index (κ3) is 7.21. The second kappa shape index (κ2) is 10.2. The lowest BCUT2D eigenvalue weighted by atomic mass is 10.0. The number of aliphatic carboxylic acids is 2. The molecule has 0 bridgehead atoms. The topological polar surface area (TPSA) is 199 Å². The summed E-state index contributed by atoms with van der Waals surface area (Å²) in [5.41, 5.74) is 5.95. The Kier molecular flexibility index (Phi) is 8.35. The van der Waals surface area contributed by atoms with Crippen molar-refractivity contribution < 1.29 is 39.6 Å². The minimum absolute atomic E-state index is 0.0154. The third-order valence-corrected chi connectivity index (χ3v) is 3.82. The van der Waals surface area contributed by atoms with Gasteiger partial charge in [0.1, 0.15) is 23.9 Å². The number of carbonyl (C=O) groups is 4. The van der Waals surface area contributed by atoms with Gasteiger partial charge in [0, 0.05) is 6.42 Å². The smallest absolute Gasteiger partial charge is 0.326 e. The highest BCUT2D eigenvalue weighted by Gasteiger charge is 2.30. The van der Waals surface area contributed by atoms with E-state index in [0.29, 0.717) is 5.56 Å². The number of carboxylic acid groups (broad SMARTS) is 2. The van der Waals surface area contributed by atoms with Gasteiger partial charge < -0.3 is 36.8 Å². The second-order valence-corrected chi connectivity index (χ2v) is 6.20. The maximum Gasteiger partial charge on any atom is 0.326 e. The number of aromatic hydroxyl groups is 1.